The van der Waals surface area contributed by atoms with Crippen molar-refractivity contribution in [3.63, 3.8) is 0 Å². The van der Waals surface area contributed by atoms with Crippen LogP contribution in [0.15, 0.2) is 24.3 Å². The molecule has 4 nitrogen and oxygen atoms in total. The molecule has 4 heteroatoms. The molecule has 0 bridgehead atoms. The maximum atomic E-state index is 11.9. The molecule has 1 aromatic rings. The van der Waals surface area contributed by atoms with Gasteiger partial charge in [0.2, 0.25) is 5.91 Å². The zero-order valence-electron chi connectivity index (χ0n) is 13.0. The quantitative estimate of drug-likeness (QED) is 0.833. The van der Waals surface area contributed by atoms with Gasteiger partial charge in [0.25, 0.3) is 0 Å². The third kappa shape index (κ3) is 4.53. The summed E-state index contributed by atoms with van der Waals surface area (Å²) in [7, 11) is 3.54. The third-order valence-electron chi connectivity index (χ3n) is 3.35. The van der Waals surface area contributed by atoms with E-state index in [0.29, 0.717) is 13.0 Å². The number of nitrogens with zero attached hydrogens (tertiary/aromatic N) is 2. The van der Waals surface area contributed by atoms with Crippen LogP contribution in [0.3, 0.4) is 0 Å². The van der Waals surface area contributed by atoms with Gasteiger partial charge in [0, 0.05) is 26.3 Å². The van der Waals surface area contributed by atoms with E-state index in [-0.39, 0.29) is 5.91 Å². The molecule has 0 radical (unpaired) electrons. The average molecular weight is 278 g/mol. The molecule has 0 heterocycles. The second kappa shape index (κ2) is 7.90. The Bertz CT molecular complexity index is 415. The van der Waals surface area contributed by atoms with Crippen molar-refractivity contribution in [1.82, 2.24) is 4.90 Å². The molecule has 0 unspecified atom stereocenters. The van der Waals surface area contributed by atoms with Crippen LogP contribution in [-0.2, 0) is 4.79 Å². The van der Waals surface area contributed by atoms with Crippen molar-refractivity contribution in [1.29, 1.82) is 0 Å². The smallest absolute Gasteiger partial charge is 0.241 e. The van der Waals surface area contributed by atoms with Crippen molar-refractivity contribution in [2.75, 3.05) is 32.1 Å². The molecule has 1 amide bonds. The normalized spacial score (nSPS) is 12.1. The van der Waals surface area contributed by atoms with Crippen molar-refractivity contribution >= 4 is 11.6 Å². The van der Waals surface area contributed by atoms with Gasteiger partial charge >= 0.3 is 0 Å². The Hall–Kier alpha value is -1.55. The van der Waals surface area contributed by atoms with Crippen LogP contribution in [0.5, 0.6) is 0 Å². The molecule has 20 heavy (non-hydrogen) atoms. The van der Waals surface area contributed by atoms with Crippen molar-refractivity contribution in [3.8, 4) is 0 Å². The number of aliphatic hydroxyl groups excluding tert-OH is 1. The van der Waals surface area contributed by atoms with Gasteiger partial charge in [0.15, 0.2) is 0 Å². The third-order valence-corrected chi connectivity index (χ3v) is 3.35. The number of hydrogen-bond donors (Lipinski definition) is 1. The lowest BCUT2D eigenvalue weighted by atomic mass is 10.1. The van der Waals surface area contributed by atoms with Crippen LogP contribution in [0.25, 0.3) is 0 Å². The highest BCUT2D eigenvalue weighted by molar-refractivity contribution is 5.81. The summed E-state index contributed by atoms with van der Waals surface area (Å²) in [5, 5.41) is 9.81. The lowest BCUT2D eigenvalue weighted by Gasteiger charge is -2.25. The van der Waals surface area contributed by atoms with Gasteiger partial charge in [0.05, 0.1) is 12.6 Å². The predicted molar refractivity (Wildman–Crippen MR) is 82.9 cm³/mol. The van der Waals surface area contributed by atoms with E-state index in [9.17, 15) is 9.90 Å². The van der Waals surface area contributed by atoms with E-state index in [4.69, 9.17) is 0 Å². The Kier molecular flexibility index (Phi) is 6.52. The Labute approximate surface area is 122 Å². The molecular formula is C16H26N2O2. The second-order valence-corrected chi connectivity index (χ2v) is 5.23. The largest absolute Gasteiger partial charge is 0.388 e. The first-order chi connectivity index (χ1) is 9.49. The number of hydrogen-bond acceptors (Lipinski definition) is 3. The van der Waals surface area contributed by atoms with E-state index in [0.717, 1.165) is 24.2 Å². The summed E-state index contributed by atoms with van der Waals surface area (Å²) in [6.45, 7) is 5.28. The lowest BCUT2D eigenvalue weighted by Crippen LogP contribution is -2.37. The minimum absolute atomic E-state index is 0.0936. The molecule has 0 saturated heterocycles. The van der Waals surface area contributed by atoms with Crippen LogP contribution < -0.4 is 4.90 Å². The second-order valence-electron chi connectivity index (χ2n) is 5.23. The van der Waals surface area contributed by atoms with Crippen molar-refractivity contribution in [2.24, 2.45) is 0 Å². The van der Waals surface area contributed by atoms with Gasteiger partial charge < -0.3 is 14.9 Å². The fourth-order valence-corrected chi connectivity index (χ4v) is 2.02. The zero-order chi connectivity index (χ0) is 15.1. The fraction of sp³-hybridized carbons (Fsp3) is 0.562. The van der Waals surface area contributed by atoms with Crippen LogP contribution in [0.1, 0.15) is 38.4 Å². The molecule has 0 aliphatic heterocycles. The van der Waals surface area contributed by atoms with Crippen molar-refractivity contribution < 1.29 is 9.90 Å². The Morgan fingerprint density at radius 2 is 1.80 bits per heavy atom. The van der Waals surface area contributed by atoms with E-state index in [1.54, 1.807) is 19.0 Å². The summed E-state index contributed by atoms with van der Waals surface area (Å²) < 4.78 is 0. The van der Waals surface area contributed by atoms with Gasteiger partial charge in [0.1, 0.15) is 0 Å². The van der Waals surface area contributed by atoms with Gasteiger partial charge in [-0.1, -0.05) is 26.0 Å². The minimum Gasteiger partial charge on any atom is -0.388 e. The fourth-order valence-electron chi connectivity index (χ4n) is 2.02. The van der Waals surface area contributed by atoms with Gasteiger partial charge in [-0.15, -0.1) is 0 Å². The van der Waals surface area contributed by atoms with Crippen LogP contribution >= 0.6 is 0 Å². The molecule has 0 spiro atoms. The maximum Gasteiger partial charge on any atom is 0.241 e. The number of likely N-dealkylation sites (N-methyl/N-ethyl adjacent to an activating group) is 1. The van der Waals surface area contributed by atoms with Crippen molar-refractivity contribution in [2.45, 2.75) is 32.8 Å². The zero-order valence-corrected chi connectivity index (χ0v) is 13.0. The average Bonchev–Trinajstić information content (AvgIpc) is 2.46. The van der Waals surface area contributed by atoms with Crippen LogP contribution in [0.4, 0.5) is 5.69 Å². The SMILES string of the molecule is CCCN(CC(=O)N(C)C)c1ccc([C@H](O)CC)cc1. The van der Waals surface area contributed by atoms with E-state index < -0.39 is 6.10 Å². The highest BCUT2D eigenvalue weighted by Crippen LogP contribution is 2.21. The first-order valence-corrected chi connectivity index (χ1v) is 7.22. The van der Waals surface area contributed by atoms with Gasteiger partial charge in [-0.05, 0) is 30.5 Å². The van der Waals surface area contributed by atoms with E-state index in [2.05, 4.69) is 11.8 Å². The van der Waals surface area contributed by atoms with Gasteiger partial charge in [-0.25, -0.2) is 0 Å². The van der Waals surface area contributed by atoms with Crippen LogP contribution in [0, 0.1) is 0 Å². The Morgan fingerprint density at radius 3 is 2.25 bits per heavy atom. The molecule has 0 aliphatic rings. The lowest BCUT2D eigenvalue weighted by molar-refractivity contribution is -0.127. The molecule has 0 fully saturated rings. The van der Waals surface area contributed by atoms with Crippen LogP contribution in [0.2, 0.25) is 0 Å². The number of rotatable bonds is 7. The molecule has 0 aliphatic carbocycles. The summed E-state index contributed by atoms with van der Waals surface area (Å²) in [5.74, 6) is 0.0936. The molecule has 1 rings (SSSR count). The molecule has 1 N–H and O–H groups in total. The number of aliphatic hydroxyl groups is 1. The number of anilines is 1. The highest BCUT2D eigenvalue weighted by atomic mass is 16.3. The van der Waals surface area contributed by atoms with Gasteiger partial charge in [-0.2, -0.15) is 0 Å². The molecule has 0 saturated carbocycles. The standard InChI is InChI=1S/C16H26N2O2/c1-5-11-18(12-16(20)17(3)4)14-9-7-13(8-10-14)15(19)6-2/h7-10,15,19H,5-6,11-12H2,1-4H3/t15-/m1/s1. The van der Waals surface area contributed by atoms with E-state index in [1.807, 2.05) is 31.2 Å². The number of carbonyl (C=O) groups excluding carboxylic acids is 1. The minimum atomic E-state index is -0.410. The predicted octanol–water partition coefficient (Wildman–Crippen LogP) is 2.43. The first-order valence-electron chi connectivity index (χ1n) is 7.22. The molecule has 1 aromatic carbocycles. The number of carbonyl (C=O) groups is 1. The number of amides is 1. The summed E-state index contributed by atoms with van der Waals surface area (Å²) in [5.41, 5.74) is 1.95. The molecule has 112 valence electrons. The molecule has 1 atom stereocenters. The topological polar surface area (TPSA) is 43.8 Å². The monoisotopic (exact) mass is 278 g/mol. The van der Waals surface area contributed by atoms with E-state index in [1.165, 1.54) is 0 Å². The Morgan fingerprint density at radius 1 is 1.20 bits per heavy atom. The summed E-state index contributed by atoms with van der Waals surface area (Å²) in [6, 6.07) is 7.83. The first kappa shape index (κ1) is 16.5. The van der Waals surface area contributed by atoms with Gasteiger partial charge in [-0.3, -0.25) is 4.79 Å². The highest BCUT2D eigenvalue weighted by Gasteiger charge is 2.13. The molecular weight excluding hydrogens is 252 g/mol. The molecule has 0 aromatic heterocycles. The summed E-state index contributed by atoms with van der Waals surface area (Å²) >= 11 is 0. The van der Waals surface area contributed by atoms with E-state index >= 15 is 0 Å². The summed E-state index contributed by atoms with van der Waals surface area (Å²) in [4.78, 5) is 15.5. The number of benzene rings is 1. The van der Waals surface area contributed by atoms with Crippen LogP contribution in [-0.4, -0.2) is 43.1 Å². The van der Waals surface area contributed by atoms with Crippen molar-refractivity contribution in [3.05, 3.63) is 29.8 Å². The maximum absolute atomic E-state index is 11.9. The Balaban J connectivity index is 2.83. The summed E-state index contributed by atoms with van der Waals surface area (Å²) in [6.07, 6.45) is 1.28.